The standard InChI is InChI=1S/C9H7Cl2NO2/c10-6-1-2-7(11)5(3-6)4-8(12)9(13)14/h1-4H,12H2,(H,13,14)/b8-4+. The molecule has 0 fully saturated rings. The summed E-state index contributed by atoms with van der Waals surface area (Å²) < 4.78 is 0. The number of hydrogen-bond donors (Lipinski definition) is 2. The Labute approximate surface area is 90.7 Å². The van der Waals surface area contributed by atoms with Crippen molar-refractivity contribution < 1.29 is 9.90 Å². The van der Waals surface area contributed by atoms with Gasteiger partial charge in [0.2, 0.25) is 0 Å². The molecule has 0 amide bonds. The first-order valence-corrected chi connectivity index (χ1v) is 4.42. The number of halogens is 2. The summed E-state index contributed by atoms with van der Waals surface area (Å²) in [5.74, 6) is -1.19. The van der Waals surface area contributed by atoms with Crippen molar-refractivity contribution in [3.05, 3.63) is 39.5 Å². The van der Waals surface area contributed by atoms with Gasteiger partial charge in [-0.2, -0.15) is 0 Å². The molecule has 0 atom stereocenters. The second-order valence-electron chi connectivity index (χ2n) is 2.57. The molecule has 3 nitrogen and oxygen atoms in total. The lowest BCUT2D eigenvalue weighted by molar-refractivity contribution is -0.132. The molecule has 3 N–H and O–H groups in total. The van der Waals surface area contributed by atoms with Gasteiger partial charge < -0.3 is 10.8 Å². The number of benzene rings is 1. The highest BCUT2D eigenvalue weighted by Gasteiger charge is 2.04. The van der Waals surface area contributed by atoms with Crippen molar-refractivity contribution in [2.24, 2.45) is 5.73 Å². The van der Waals surface area contributed by atoms with Crippen LogP contribution in [0.5, 0.6) is 0 Å². The molecule has 0 heterocycles. The van der Waals surface area contributed by atoms with Gasteiger partial charge in [0, 0.05) is 10.0 Å². The van der Waals surface area contributed by atoms with E-state index in [2.05, 4.69) is 0 Å². The van der Waals surface area contributed by atoms with Gasteiger partial charge in [0.1, 0.15) is 5.70 Å². The Balaban J connectivity index is 3.13. The number of carbonyl (C=O) groups is 1. The summed E-state index contributed by atoms with van der Waals surface area (Å²) in [5.41, 5.74) is 5.43. The van der Waals surface area contributed by atoms with Gasteiger partial charge in [-0.1, -0.05) is 23.2 Å². The fraction of sp³-hybridized carbons (Fsp3) is 0. The Hall–Kier alpha value is -1.19. The lowest BCUT2D eigenvalue weighted by Crippen LogP contribution is -2.09. The molecule has 0 aliphatic carbocycles. The number of carboxylic acids is 1. The summed E-state index contributed by atoms with van der Waals surface area (Å²) in [6.07, 6.45) is 1.26. The topological polar surface area (TPSA) is 63.3 Å². The number of nitrogens with two attached hydrogens (primary N) is 1. The van der Waals surface area contributed by atoms with Crippen molar-refractivity contribution in [2.75, 3.05) is 0 Å². The largest absolute Gasteiger partial charge is 0.477 e. The summed E-state index contributed by atoms with van der Waals surface area (Å²) in [6, 6.07) is 4.72. The second-order valence-corrected chi connectivity index (χ2v) is 3.41. The van der Waals surface area contributed by atoms with E-state index in [1.165, 1.54) is 6.08 Å². The van der Waals surface area contributed by atoms with Crippen molar-refractivity contribution in [1.29, 1.82) is 0 Å². The van der Waals surface area contributed by atoms with E-state index in [0.29, 0.717) is 15.6 Å². The van der Waals surface area contributed by atoms with Crippen LogP contribution in [0.3, 0.4) is 0 Å². The molecule has 1 rings (SSSR count). The van der Waals surface area contributed by atoms with E-state index in [1.54, 1.807) is 18.2 Å². The molecular weight excluding hydrogens is 225 g/mol. The SMILES string of the molecule is N/C(=C/c1cc(Cl)ccc1Cl)C(=O)O. The number of hydrogen-bond acceptors (Lipinski definition) is 2. The van der Waals surface area contributed by atoms with E-state index in [-0.39, 0.29) is 5.70 Å². The second kappa shape index (κ2) is 4.35. The highest BCUT2D eigenvalue weighted by atomic mass is 35.5. The average molecular weight is 232 g/mol. The van der Waals surface area contributed by atoms with E-state index in [4.69, 9.17) is 34.0 Å². The van der Waals surface area contributed by atoms with Crippen molar-refractivity contribution in [3.8, 4) is 0 Å². The van der Waals surface area contributed by atoms with E-state index < -0.39 is 5.97 Å². The van der Waals surface area contributed by atoms with E-state index >= 15 is 0 Å². The lowest BCUT2D eigenvalue weighted by atomic mass is 10.2. The first-order chi connectivity index (χ1) is 6.50. The van der Waals surface area contributed by atoms with Crippen LogP contribution in [0.1, 0.15) is 5.56 Å². The predicted octanol–water partition coefficient (Wildman–Crippen LogP) is 2.38. The van der Waals surface area contributed by atoms with Crippen LogP contribution in [0.4, 0.5) is 0 Å². The minimum absolute atomic E-state index is 0.283. The normalized spacial score (nSPS) is 11.4. The van der Waals surface area contributed by atoms with Gasteiger partial charge in [-0.3, -0.25) is 0 Å². The number of carboxylic acid groups (broad SMARTS) is 1. The quantitative estimate of drug-likeness (QED) is 0.769. The Morgan fingerprint density at radius 3 is 2.64 bits per heavy atom. The van der Waals surface area contributed by atoms with Crippen LogP contribution >= 0.6 is 23.2 Å². The molecule has 0 radical (unpaired) electrons. The first-order valence-electron chi connectivity index (χ1n) is 3.66. The molecular formula is C9H7Cl2NO2. The molecule has 1 aromatic rings. The highest BCUT2D eigenvalue weighted by Crippen LogP contribution is 2.22. The summed E-state index contributed by atoms with van der Waals surface area (Å²) >= 11 is 11.5. The molecule has 0 saturated carbocycles. The minimum Gasteiger partial charge on any atom is -0.477 e. The van der Waals surface area contributed by atoms with Crippen molar-refractivity contribution in [1.82, 2.24) is 0 Å². The van der Waals surface area contributed by atoms with Gasteiger partial charge in [-0.05, 0) is 29.8 Å². The maximum absolute atomic E-state index is 10.4. The van der Waals surface area contributed by atoms with Gasteiger partial charge in [-0.15, -0.1) is 0 Å². The van der Waals surface area contributed by atoms with Crippen LogP contribution in [0.25, 0.3) is 6.08 Å². The Morgan fingerprint density at radius 1 is 1.43 bits per heavy atom. The van der Waals surface area contributed by atoms with E-state index in [9.17, 15) is 4.79 Å². The fourth-order valence-corrected chi connectivity index (χ4v) is 1.21. The minimum atomic E-state index is -1.19. The molecule has 0 aliphatic heterocycles. The number of aliphatic carboxylic acids is 1. The fourth-order valence-electron chi connectivity index (χ4n) is 0.854. The van der Waals surface area contributed by atoms with E-state index in [1.807, 2.05) is 0 Å². The van der Waals surface area contributed by atoms with E-state index in [0.717, 1.165) is 0 Å². The van der Waals surface area contributed by atoms with Crippen LogP contribution in [0.15, 0.2) is 23.9 Å². The molecule has 5 heteroatoms. The van der Waals surface area contributed by atoms with Crippen LogP contribution in [0.2, 0.25) is 10.0 Å². The number of rotatable bonds is 2. The lowest BCUT2D eigenvalue weighted by Gasteiger charge is -1.99. The van der Waals surface area contributed by atoms with Gasteiger partial charge in [0.25, 0.3) is 0 Å². The van der Waals surface area contributed by atoms with Crippen molar-refractivity contribution in [3.63, 3.8) is 0 Å². The zero-order valence-corrected chi connectivity index (χ0v) is 8.51. The summed E-state index contributed by atoms with van der Waals surface area (Å²) in [7, 11) is 0. The molecule has 74 valence electrons. The molecule has 1 aromatic carbocycles. The third kappa shape index (κ3) is 2.65. The molecule has 0 aliphatic rings. The third-order valence-electron chi connectivity index (χ3n) is 1.52. The highest BCUT2D eigenvalue weighted by molar-refractivity contribution is 6.34. The van der Waals surface area contributed by atoms with Gasteiger partial charge in [0.05, 0.1) is 0 Å². The van der Waals surface area contributed by atoms with Crippen molar-refractivity contribution >= 4 is 35.2 Å². The van der Waals surface area contributed by atoms with Crippen molar-refractivity contribution in [2.45, 2.75) is 0 Å². The van der Waals surface area contributed by atoms with Gasteiger partial charge in [-0.25, -0.2) is 4.79 Å². The van der Waals surface area contributed by atoms with Crippen LogP contribution in [-0.2, 0) is 4.79 Å². The monoisotopic (exact) mass is 231 g/mol. The zero-order chi connectivity index (χ0) is 10.7. The van der Waals surface area contributed by atoms with Gasteiger partial charge >= 0.3 is 5.97 Å². The maximum atomic E-state index is 10.4. The summed E-state index contributed by atoms with van der Waals surface area (Å²) in [6.45, 7) is 0. The summed E-state index contributed by atoms with van der Waals surface area (Å²) in [4.78, 5) is 10.4. The smallest absolute Gasteiger partial charge is 0.351 e. The zero-order valence-electron chi connectivity index (χ0n) is 7.00. The summed E-state index contributed by atoms with van der Waals surface area (Å²) in [5, 5.41) is 9.41. The third-order valence-corrected chi connectivity index (χ3v) is 2.10. The van der Waals surface area contributed by atoms with Gasteiger partial charge in [0.15, 0.2) is 0 Å². The Bertz CT molecular complexity index is 402. The van der Waals surface area contributed by atoms with Crippen LogP contribution < -0.4 is 5.73 Å². The molecule has 0 unspecified atom stereocenters. The first kappa shape index (κ1) is 10.9. The van der Waals surface area contributed by atoms with Crippen LogP contribution in [0, 0.1) is 0 Å². The Morgan fingerprint density at radius 2 is 2.07 bits per heavy atom. The molecule has 0 aromatic heterocycles. The maximum Gasteiger partial charge on any atom is 0.351 e. The van der Waals surface area contributed by atoms with Crippen LogP contribution in [-0.4, -0.2) is 11.1 Å². The predicted molar refractivity (Wildman–Crippen MR) is 56.3 cm³/mol. The molecule has 0 saturated heterocycles. The molecule has 14 heavy (non-hydrogen) atoms. The average Bonchev–Trinajstić information content (AvgIpc) is 2.11. The molecule has 0 bridgehead atoms. The Kier molecular flexibility index (Phi) is 3.38. The molecule has 0 spiro atoms.